The van der Waals surface area contributed by atoms with Gasteiger partial charge in [0.05, 0.1) is 13.7 Å². The molecule has 3 nitrogen and oxygen atoms in total. The molecule has 0 fully saturated rings. The van der Waals surface area contributed by atoms with Gasteiger partial charge in [0.2, 0.25) is 0 Å². The first-order chi connectivity index (χ1) is 8.34. The van der Waals surface area contributed by atoms with E-state index in [1.165, 1.54) is 5.56 Å². The number of hydrogen-bond acceptors (Lipinski definition) is 3. The quantitative estimate of drug-likeness (QED) is 0.872. The molecule has 0 spiro atoms. The Kier molecular flexibility index (Phi) is 4.91. The Morgan fingerprint density at radius 1 is 1.33 bits per heavy atom. The molecule has 1 aromatic carbocycles. The average Bonchev–Trinajstić information content (AvgIpc) is 2.27. The first-order valence-corrected chi connectivity index (χ1v) is 6.22. The summed E-state index contributed by atoms with van der Waals surface area (Å²) in [4.78, 5) is 10.9. The minimum Gasteiger partial charge on any atom is -0.496 e. The van der Waals surface area contributed by atoms with E-state index in [0.717, 1.165) is 11.3 Å². The lowest BCUT2D eigenvalue weighted by Crippen LogP contribution is -2.21. The van der Waals surface area contributed by atoms with Gasteiger partial charge in [0.25, 0.3) is 0 Å². The van der Waals surface area contributed by atoms with Gasteiger partial charge in [-0.3, -0.25) is 4.79 Å². The molecular weight excluding hydrogens is 226 g/mol. The summed E-state index contributed by atoms with van der Waals surface area (Å²) in [5, 5.41) is 3.12. The van der Waals surface area contributed by atoms with Crippen LogP contribution >= 0.6 is 0 Å². The number of rotatable bonds is 5. The van der Waals surface area contributed by atoms with Crippen molar-refractivity contribution < 1.29 is 9.53 Å². The van der Waals surface area contributed by atoms with Crippen molar-refractivity contribution in [3.05, 3.63) is 29.3 Å². The third-order valence-electron chi connectivity index (χ3n) is 2.84. The van der Waals surface area contributed by atoms with Crippen molar-refractivity contribution in [2.24, 2.45) is 0 Å². The fraction of sp³-hybridized carbons (Fsp3) is 0.533. The summed E-state index contributed by atoms with van der Waals surface area (Å²) in [5.74, 6) is 1.000. The number of benzene rings is 1. The van der Waals surface area contributed by atoms with Gasteiger partial charge in [-0.15, -0.1) is 0 Å². The van der Waals surface area contributed by atoms with Crippen molar-refractivity contribution in [3.8, 4) is 5.75 Å². The third kappa shape index (κ3) is 4.15. The number of ketones is 1. The summed E-state index contributed by atoms with van der Waals surface area (Å²) in [6.07, 6.45) is 0. The normalized spacial score (nSPS) is 11.4. The second-order valence-electron chi connectivity index (χ2n) is 5.58. The lowest BCUT2D eigenvalue weighted by molar-refractivity contribution is -0.116. The van der Waals surface area contributed by atoms with Crippen molar-refractivity contribution in [2.75, 3.05) is 13.7 Å². The van der Waals surface area contributed by atoms with Crippen LogP contribution in [0.15, 0.2) is 18.2 Å². The number of methoxy groups -OCH3 is 1. The topological polar surface area (TPSA) is 38.3 Å². The first kappa shape index (κ1) is 14.7. The second-order valence-corrected chi connectivity index (χ2v) is 5.58. The Hall–Kier alpha value is -1.35. The van der Waals surface area contributed by atoms with E-state index in [-0.39, 0.29) is 11.2 Å². The van der Waals surface area contributed by atoms with Crippen molar-refractivity contribution in [3.63, 3.8) is 0 Å². The van der Waals surface area contributed by atoms with Gasteiger partial charge >= 0.3 is 0 Å². The van der Waals surface area contributed by atoms with Crippen LogP contribution in [0.4, 0.5) is 0 Å². The number of ether oxygens (including phenoxy) is 1. The Bertz CT molecular complexity index is 419. The third-order valence-corrected chi connectivity index (χ3v) is 2.84. The van der Waals surface area contributed by atoms with Crippen LogP contribution in [0, 0.1) is 0 Å². The van der Waals surface area contributed by atoms with Crippen LogP contribution in [0.2, 0.25) is 0 Å². The number of hydrogen-bond donors (Lipinski definition) is 1. The van der Waals surface area contributed by atoms with Crippen molar-refractivity contribution in [1.29, 1.82) is 0 Å². The number of nitrogens with one attached hydrogen (secondary N) is 1. The van der Waals surface area contributed by atoms with Crippen LogP contribution in [0.1, 0.15) is 38.8 Å². The maximum absolute atomic E-state index is 10.9. The van der Waals surface area contributed by atoms with Gasteiger partial charge < -0.3 is 10.1 Å². The lowest BCUT2D eigenvalue weighted by Gasteiger charge is -2.21. The van der Waals surface area contributed by atoms with Gasteiger partial charge in [-0.05, 0) is 24.0 Å². The highest BCUT2D eigenvalue weighted by atomic mass is 16.5. The first-order valence-electron chi connectivity index (χ1n) is 6.22. The zero-order valence-corrected chi connectivity index (χ0v) is 12.0. The highest BCUT2D eigenvalue weighted by Crippen LogP contribution is 2.27. The van der Waals surface area contributed by atoms with Crippen LogP contribution in [0.5, 0.6) is 5.75 Å². The fourth-order valence-corrected chi connectivity index (χ4v) is 1.76. The summed E-state index contributed by atoms with van der Waals surface area (Å²) in [5.41, 5.74) is 2.47. The Morgan fingerprint density at radius 2 is 2.00 bits per heavy atom. The molecule has 3 heteroatoms. The molecule has 0 heterocycles. The Morgan fingerprint density at radius 3 is 2.50 bits per heavy atom. The van der Waals surface area contributed by atoms with Crippen molar-refractivity contribution in [2.45, 2.75) is 39.7 Å². The van der Waals surface area contributed by atoms with E-state index < -0.39 is 0 Å². The van der Waals surface area contributed by atoms with Gasteiger partial charge in [-0.25, -0.2) is 0 Å². The molecule has 0 amide bonds. The SMILES string of the molecule is COc1ccc(C(C)(C)C)cc1CNCC(C)=O. The van der Waals surface area contributed by atoms with Gasteiger partial charge in [0.1, 0.15) is 11.5 Å². The monoisotopic (exact) mass is 249 g/mol. The molecule has 0 unspecified atom stereocenters. The van der Waals surface area contributed by atoms with Gasteiger partial charge in [-0.2, -0.15) is 0 Å². The van der Waals surface area contributed by atoms with Crippen LogP contribution in [-0.2, 0) is 16.8 Å². The zero-order valence-electron chi connectivity index (χ0n) is 12.0. The molecule has 100 valence electrons. The minimum atomic E-state index is 0.113. The van der Waals surface area contributed by atoms with Gasteiger partial charge in [0, 0.05) is 12.1 Å². The average molecular weight is 249 g/mol. The highest BCUT2D eigenvalue weighted by molar-refractivity contribution is 5.77. The van der Waals surface area contributed by atoms with E-state index in [2.05, 4.69) is 38.2 Å². The maximum atomic E-state index is 10.9. The number of carbonyl (C=O) groups excluding carboxylic acids is 1. The number of Topliss-reactive ketones (excluding diaryl/α,β-unsaturated/α-hetero) is 1. The summed E-state index contributed by atoms with van der Waals surface area (Å²) < 4.78 is 5.35. The molecule has 0 aromatic heterocycles. The summed E-state index contributed by atoms with van der Waals surface area (Å²) in [6, 6.07) is 6.23. The van der Waals surface area contributed by atoms with Gasteiger partial charge in [-0.1, -0.05) is 32.9 Å². The van der Waals surface area contributed by atoms with E-state index in [4.69, 9.17) is 4.74 Å². The fourth-order valence-electron chi connectivity index (χ4n) is 1.76. The molecule has 1 rings (SSSR count). The van der Waals surface area contributed by atoms with E-state index in [9.17, 15) is 4.79 Å². The molecular formula is C15H23NO2. The number of carbonyl (C=O) groups is 1. The van der Waals surface area contributed by atoms with Crippen molar-refractivity contribution in [1.82, 2.24) is 5.32 Å². The lowest BCUT2D eigenvalue weighted by atomic mass is 9.86. The smallest absolute Gasteiger partial charge is 0.143 e. The van der Waals surface area contributed by atoms with E-state index in [0.29, 0.717) is 13.1 Å². The molecule has 0 aliphatic heterocycles. The molecule has 0 atom stereocenters. The largest absolute Gasteiger partial charge is 0.496 e. The highest BCUT2D eigenvalue weighted by Gasteiger charge is 2.15. The molecule has 1 aromatic rings. The van der Waals surface area contributed by atoms with E-state index >= 15 is 0 Å². The van der Waals surface area contributed by atoms with Gasteiger partial charge in [0.15, 0.2) is 0 Å². The molecule has 0 aliphatic rings. The summed E-state index contributed by atoms with van der Waals surface area (Å²) >= 11 is 0. The molecule has 1 N–H and O–H groups in total. The maximum Gasteiger partial charge on any atom is 0.143 e. The molecule has 0 aliphatic carbocycles. The molecule has 0 radical (unpaired) electrons. The molecule has 18 heavy (non-hydrogen) atoms. The molecule has 0 saturated carbocycles. The predicted octanol–water partition coefficient (Wildman–Crippen LogP) is 2.67. The Labute approximate surface area is 110 Å². The Balaban J connectivity index is 2.89. The molecule has 0 saturated heterocycles. The minimum absolute atomic E-state index is 0.113. The summed E-state index contributed by atoms with van der Waals surface area (Å²) in [6.45, 7) is 9.16. The van der Waals surface area contributed by atoms with E-state index in [1.807, 2.05) is 6.07 Å². The van der Waals surface area contributed by atoms with Crippen LogP contribution < -0.4 is 10.1 Å². The molecule has 0 bridgehead atoms. The second kappa shape index (κ2) is 6.01. The zero-order chi connectivity index (χ0) is 13.8. The summed E-state index contributed by atoms with van der Waals surface area (Å²) in [7, 11) is 1.67. The van der Waals surface area contributed by atoms with Crippen LogP contribution in [0.25, 0.3) is 0 Å². The van der Waals surface area contributed by atoms with E-state index in [1.54, 1.807) is 14.0 Å². The standard InChI is InChI=1S/C15H23NO2/c1-11(17)9-16-10-12-8-13(15(2,3)4)6-7-14(12)18-5/h6-8,16H,9-10H2,1-5H3. The van der Waals surface area contributed by atoms with Crippen LogP contribution in [0.3, 0.4) is 0 Å². The van der Waals surface area contributed by atoms with Crippen LogP contribution in [-0.4, -0.2) is 19.4 Å². The predicted molar refractivity (Wildman–Crippen MR) is 74.1 cm³/mol. The van der Waals surface area contributed by atoms with Crippen molar-refractivity contribution >= 4 is 5.78 Å².